The van der Waals surface area contributed by atoms with E-state index in [2.05, 4.69) is 20.8 Å². The lowest BCUT2D eigenvalue weighted by Gasteiger charge is -2.28. The van der Waals surface area contributed by atoms with Crippen LogP contribution in [0.25, 0.3) is 0 Å². The van der Waals surface area contributed by atoms with Crippen molar-refractivity contribution >= 4 is 17.2 Å². The molecule has 1 amide bonds. The van der Waals surface area contributed by atoms with Gasteiger partial charge in [0, 0.05) is 17.8 Å². The fourth-order valence-electron chi connectivity index (χ4n) is 2.27. The van der Waals surface area contributed by atoms with Crippen molar-refractivity contribution in [2.45, 2.75) is 39.7 Å². The maximum Gasteiger partial charge on any atom is 0.273 e. The van der Waals surface area contributed by atoms with Gasteiger partial charge in [-0.05, 0) is 23.3 Å². The van der Waals surface area contributed by atoms with Crippen molar-refractivity contribution in [2.24, 2.45) is 11.1 Å². The number of rotatable bonds is 4. The average Bonchev–Trinajstić information content (AvgIpc) is 2.92. The van der Waals surface area contributed by atoms with Gasteiger partial charge in [-0.15, -0.1) is 11.3 Å². The van der Waals surface area contributed by atoms with E-state index in [1.807, 2.05) is 17.5 Å². The normalized spacial score (nSPS) is 20.1. The fourth-order valence-corrected chi connectivity index (χ4v) is 3.02. The lowest BCUT2D eigenvalue weighted by atomic mass is 9.92. The third-order valence-corrected chi connectivity index (χ3v) is 4.44. The number of hydrogen-bond donors (Lipinski definition) is 2. The Hall–Kier alpha value is -1.49. The minimum absolute atomic E-state index is 0.000431. The number of hydrogen-bond acceptors (Lipinski definition) is 4. The number of nitrogens with zero attached hydrogens (tertiary/aromatic N) is 1. The Morgan fingerprint density at radius 1 is 1.45 bits per heavy atom. The highest BCUT2D eigenvalue weighted by molar-refractivity contribution is 7.09. The summed E-state index contributed by atoms with van der Waals surface area (Å²) < 4.78 is 0. The number of thiophene rings is 1. The molecule has 1 aromatic heterocycles. The molecule has 0 aliphatic carbocycles. The zero-order valence-electron chi connectivity index (χ0n) is 12.2. The Bertz CT molecular complexity index is 514. The minimum atomic E-state index is -0.316. The van der Waals surface area contributed by atoms with E-state index in [-0.39, 0.29) is 28.8 Å². The standard InChI is InChI=1S/C15H22N2O2S/c1-15(2,3)6-7-17-11(9-10-5-4-8-20-10)13(18)12(16)14(17)19/h4-5,8,11,18H,6-7,9,16H2,1-3H3. The molecule has 0 fully saturated rings. The Morgan fingerprint density at radius 3 is 2.70 bits per heavy atom. The van der Waals surface area contributed by atoms with E-state index in [1.165, 1.54) is 0 Å². The predicted octanol–water partition coefficient (Wildman–Crippen LogP) is 2.67. The van der Waals surface area contributed by atoms with E-state index in [9.17, 15) is 9.90 Å². The van der Waals surface area contributed by atoms with E-state index in [1.54, 1.807) is 16.2 Å². The molecule has 0 bridgehead atoms. The molecule has 0 spiro atoms. The molecule has 0 aromatic carbocycles. The van der Waals surface area contributed by atoms with Crippen molar-refractivity contribution in [2.75, 3.05) is 6.54 Å². The highest BCUT2D eigenvalue weighted by Gasteiger charge is 2.38. The molecule has 3 N–H and O–H groups in total. The zero-order valence-corrected chi connectivity index (χ0v) is 13.0. The molecule has 110 valence electrons. The molecule has 0 radical (unpaired) electrons. The number of amides is 1. The van der Waals surface area contributed by atoms with Gasteiger partial charge >= 0.3 is 0 Å². The lowest BCUT2D eigenvalue weighted by Crippen LogP contribution is -2.39. The first-order valence-corrected chi connectivity index (χ1v) is 7.69. The summed E-state index contributed by atoms with van der Waals surface area (Å²) in [5.41, 5.74) is 5.85. The van der Waals surface area contributed by atoms with Gasteiger partial charge in [0.05, 0.1) is 6.04 Å². The molecule has 2 rings (SSSR count). The molecule has 1 aliphatic rings. The van der Waals surface area contributed by atoms with Gasteiger partial charge in [0.15, 0.2) is 0 Å². The summed E-state index contributed by atoms with van der Waals surface area (Å²) in [7, 11) is 0. The second-order valence-corrected chi connectivity index (χ2v) is 7.44. The van der Waals surface area contributed by atoms with Crippen LogP contribution in [0.1, 0.15) is 32.1 Å². The van der Waals surface area contributed by atoms with Crippen LogP contribution in [-0.2, 0) is 11.2 Å². The Balaban J connectivity index is 2.14. The quantitative estimate of drug-likeness (QED) is 0.897. The predicted molar refractivity (Wildman–Crippen MR) is 81.4 cm³/mol. The van der Waals surface area contributed by atoms with E-state index in [0.717, 1.165) is 11.3 Å². The molecule has 4 nitrogen and oxygen atoms in total. The number of aliphatic hydroxyl groups excluding tert-OH is 1. The summed E-state index contributed by atoms with van der Waals surface area (Å²) in [6.45, 7) is 7.03. The van der Waals surface area contributed by atoms with Crippen LogP contribution < -0.4 is 5.73 Å². The topological polar surface area (TPSA) is 66.6 Å². The third-order valence-electron chi connectivity index (χ3n) is 3.54. The summed E-state index contributed by atoms with van der Waals surface area (Å²) in [6, 6.07) is 3.67. The number of carbonyl (C=O) groups is 1. The van der Waals surface area contributed by atoms with E-state index in [0.29, 0.717) is 13.0 Å². The van der Waals surface area contributed by atoms with Crippen LogP contribution in [0.4, 0.5) is 0 Å². The van der Waals surface area contributed by atoms with Gasteiger partial charge in [0.1, 0.15) is 11.5 Å². The van der Waals surface area contributed by atoms with E-state index >= 15 is 0 Å². The zero-order chi connectivity index (χ0) is 14.9. The van der Waals surface area contributed by atoms with Crippen molar-refractivity contribution in [3.8, 4) is 0 Å². The van der Waals surface area contributed by atoms with Crippen molar-refractivity contribution in [3.63, 3.8) is 0 Å². The van der Waals surface area contributed by atoms with Crippen LogP contribution >= 0.6 is 11.3 Å². The maximum absolute atomic E-state index is 12.2. The summed E-state index contributed by atoms with van der Waals surface area (Å²) in [6.07, 6.45) is 1.50. The highest BCUT2D eigenvalue weighted by Crippen LogP contribution is 2.28. The summed E-state index contributed by atoms with van der Waals surface area (Å²) in [5, 5.41) is 12.1. The maximum atomic E-state index is 12.2. The lowest BCUT2D eigenvalue weighted by molar-refractivity contribution is -0.127. The Kier molecular flexibility index (Phi) is 4.09. The van der Waals surface area contributed by atoms with Crippen molar-refractivity contribution in [1.82, 2.24) is 4.90 Å². The molecule has 2 heterocycles. The first-order valence-electron chi connectivity index (χ1n) is 6.81. The molecular formula is C15H22N2O2S. The first-order chi connectivity index (χ1) is 9.29. The number of nitrogens with two attached hydrogens (primary N) is 1. The second kappa shape index (κ2) is 5.48. The molecule has 1 aliphatic heterocycles. The van der Waals surface area contributed by atoms with Crippen LogP contribution in [0, 0.1) is 5.41 Å². The van der Waals surface area contributed by atoms with Gasteiger partial charge in [-0.2, -0.15) is 0 Å². The minimum Gasteiger partial charge on any atom is -0.508 e. The molecular weight excluding hydrogens is 272 g/mol. The molecule has 0 saturated heterocycles. The van der Waals surface area contributed by atoms with Crippen LogP contribution in [0.15, 0.2) is 29.0 Å². The molecule has 5 heteroatoms. The monoisotopic (exact) mass is 294 g/mol. The number of aliphatic hydroxyl groups is 1. The fraction of sp³-hybridized carbons (Fsp3) is 0.533. The molecule has 1 unspecified atom stereocenters. The average molecular weight is 294 g/mol. The van der Waals surface area contributed by atoms with Gasteiger partial charge in [0.2, 0.25) is 0 Å². The molecule has 1 aromatic rings. The summed E-state index contributed by atoms with van der Waals surface area (Å²) in [4.78, 5) is 15.0. The SMILES string of the molecule is CC(C)(C)CCN1C(=O)C(N)=C(O)C1Cc1cccs1. The van der Waals surface area contributed by atoms with Gasteiger partial charge in [-0.1, -0.05) is 26.8 Å². The second-order valence-electron chi connectivity index (χ2n) is 6.41. The van der Waals surface area contributed by atoms with Crippen LogP contribution in [-0.4, -0.2) is 28.5 Å². The molecule has 1 atom stereocenters. The van der Waals surface area contributed by atoms with Crippen LogP contribution in [0.2, 0.25) is 0 Å². The number of carbonyl (C=O) groups excluding carboxylic acids is 1. The van der Waals surface area contributed by atoms with Gasteiger partial charge in [-0.25, -0.2) is 0 Å². The van der Waals surface area contributed by atoms with E-state index < -0.39 is 0 Å². The summed E-state index contributed by atoms with van der Waals surface area (Å²) >= 11 is 1.63. The van der Waals surface area contributed by atoms with Crippen molar-refractivity contribution in [3.05, 3.63) is 33.8 Å². The largest absolute Gasteiger partial charge is 0.508 e. The van der Waals surface area contributed by atoms with Gasteiger partial charge < -0.3 is 15.7 Å². The van der Waals surface area contributed by atoms with Crippen molar-refractivity contribution in [1.29, 1.82) is 0 Å². The van der Waals surface area contributed by atoms with E-state index in [4.69, 9.17) is 5.73 Å². The smallest absolute Gasteiger partial charge is 0.273 e. The van der Waals surface area contributed by atoms with Gasteiger partial charge in [0.25, 0.3) is 5.91 Å². The first kappa shape index (κ1) is 14.9. The Labute approximate surface area is 123 Å². The highest BCUT2D eigenvalue weighted by atomic mass is 32.1. The van der Waals surface area contributed by atoms with Crippen LogP contribution in [0.5, 0.6) is 0 Å². The summed E-state index contributed by atoms with van der Waals surface area (Å²) in [5.74, 6) is -0.217. The third kappa shape index (κ3) is 3.15. The molecule has 0 saturated carbocycles. The Morgan fingerprint density at radius 2 is 2.15 bits per heavy atom. The van der Waals surface area contributed by atoms with Crippen LogP contribution in [0.3, 0.4) is 0 Å². The van der Waals surface area contributed by atoms with Crippen molar-refractivity contribution < 1.29 is 9.90 Å². The molecule has 20 heavy (non-hydrogen) atoms. The van der Waals surface area contributed by atoms with Gasteiger partial charge in [-0.3, -0.25) is 4.79 Å².